The Bertz CT molecular complexity index is 419. The third-order valence-electron chi connectivity index (χ3n) is 2.90. The SMILES string of the molecule is CC1(C)CC1CNc1nc(Cl)c(C#N)s1. The van der Waals surface area contributed by atoms with Crippen LogP contribution >= 0.6 is 22.9 Å². The summed E-state index contributed by atoms with van der Waals surface area (Å²) >= 11 is 7.08. The lowest BCUT2D eigenvalue weighted by Gasteiger charge is -2.03. The molecule has 0 bridgehead atoms. The second-order valence-corrected chi connectivity index (χ2v) is 5.88. The lowest BCUT2D eigenvalue weighted by Crippen LogP contribution is -2.06. The van der Waals surface area contributed by atoms with E-state index in [4.69, 9.17) is 16.9 Å². The van der Waals surface area contributed by atoms with Crippen molar-refractivity contribution in [1.82, 2.24) is 4.98 Å². The van der Waals surface area contributed by atoms with E-state index in [0.29, 0.717) is 21.4 Å². The molecule has 0 aromatic carbocycles. The number of hydrogen-bond donors (Lipinski definition) is 1. The molecule has 0 saturated heterocycles. The predicted molar refractivity (Wildman–Crippen MR) is 62.2 cm³/mol. The summed E-state index contributed by atoms with van der Waals surface area (Å²) in [7, 11) is 0. The highest BCUT2D eigenvalue weighted by Gasteiger charge is 2.45. The molecule has 1 aliphatic carbocycles. The molecule has 1 saturated carbocycles. The summed E-state index contributed by atoms with van der Waals surface area (Å²) in [6, 6.07) is 2.02. The molecule has 0 spiro atoms. The van der Waals surface area contributed by atoms with E-state index in [9.17, 15) is 0 Å². The van der Waals surface area contributed by atoms with Gasteiger partial charge in [0, 0.05) is 6.54 Å². The van der Waals surface area contributed by atoms with Crippen molar-refractivity contribution in [2.75, 3.05) is 11.9 Å². The monoisotopic (exact) mass is 241 g/mol. The number of anilines is 1. The Hall–Kier alpha value is -0.790. The zero-order valence-electron chi connectivity index (χ0n) is 8.67. The van der Waals surface area contributed by atoms with Gasteiger partial charge in [0.15, 0.2) is 10.3 Å². The summed E-state index contributed by atoms with van der Waals surface area (Å²) in [4.78, 5) is 4.56. The van der Waals surface area contributed by atoms with Crippen LogP contribution in [-0.4, -0.2) is 11.5 Å². The van der Waals surface area contributed by atoms with Gasteiger partial charge in [-0.25, -0.2) is 4.98 Å². The summed E-state index contributed by atoms with van der Waals surface area (Å²) in [6.07, 6.45) is 1.25. The lowest BCUT2D eigenvalue weighted by molar-refractivity contribution is 0.573. The highest BCUT2D eigenvalue weighted by atomic mass is 35.5. The van der Waals surface area contributed by atoms with Gasteiger partial charge in [0.1, 0.15) is 10.9 Å². The highest BCUT2D eigenvalue weighted by molar-refractivity contribution is 7.16. The number of nitrogens with one attached hydrogen (secondary N) is 1. The molecule has 1 unspecified atom stereocenters. The van der Waals surface area contributed by atoms with Crippen LogP contribution in [0.25, 0.3) is 0 Å². The largest absolute Gasteiger partial charge is 0.361 e. The normalized spacial score (nSPS) is 22.1. The standard InChI is InChI=1S/C10H12ClN3S/c1-10(2)3-6(10)5-13-9-14-8(11)7(4-12)15-9/h6H,3,5H2,1-2H3,(H,13,14). The van der Waals surface area contributed by atoms with Crippen LogP contribution < -0.4 is 5.32 Å². The van der Waals surface area contributed by atoms with Crippen LogP contribution in [-0.2, 0) is 0 Å². The summed E-state index contributed by atoms with van der Waals surface area (Å²) in [5, 5.41) is 13.0. The molecular formula is C10H12ClN3S. The van der Waals surface area contributed by atoms with Crippen LogP contribution in [0.1, 0.15) is 25.1 Å². The molecule has 80 valence electrons. The molecule has 1 aliphatic rings. The van der Waals surface area contributed by atoms with E-state index in [-0.39, 0.29) is 0 Å². The first-order chi connectivity index (χ1) is 7.03. The molecule has 0 aliphatic heterocycles. The third kappa shape index (κ3) is 2.24. The Morgan fingerprint density at radius 3 is 2.87 bits per heavy atom. The number of thiazole rings is 1. The topological polar surface area (TPSA) is 48.7 Å². The zero-order valence-corrected chi connectivity index (χ0v) is 10.2. The van der Waals surface area contributed by atoms with Crippen molar-refractivity contribution in [2.45, 2.75) is 20.3 Å². The van der Waals surface area contributed by atoms with E-state index in [1.54, 1.807) is 0 Å². The molecule has 15 heavy (non-hydrogen) atoms. The Kier molecular flexibility index (Phi) is 2.61. The fourth-order valence-electron chi connectivity index (χ4n) is 1.58. The van der Waals surface area contributed by atoms with Gasteiger partial charge in [-0.1, -0.05) is 36.8 Å². The number of hydrogen-bond acceptors (Lipinski definition) is 4. The van der Waals surface area contributed by atoms with Gasteiger partial charge in [0.2, 0.25) is 0 Å². The van der Waals surface area contributed by atoms with Crippen LogP contribution in [0.5, 0.6) is 0 Å². The van der Waals surface area contributed by atoms with Crippen LogP contribution in [0.4, 0.5) is 5.13 Å². The van der Waals surface area contributed by atoms with Crippen LogP contribution in [0, 0.1) is 22.7 Å². The van der Waals surface area contributed by atoms with E-state index in [0.717, 1.165) is 11.7 Å². The van der Waals surface area contributed by atoms with Gasteiger partial charge in [-0.15, -0.1) is 0 Å². The van der Waals surface area contributed by atoms with Crippen LogP contribution in [0.15, 0.2) is 0 Å². The Morgan fingerprint density at radius 2 is 2.40 bits per heavy atom. The maximum Gasteiger partial charge on any atom is 0.185 e. The quantitative estimate of drug-likeness (QED) is 0.885. The molecule has 1 atom stereocenters. The number of nitriles is 1. The molecule has 0 radical (unpaired) electrons. The second kappa shape index (κ2) is 3.66. The highest BCUT2D eigenvalue weighted by Crippen LogP contribution is 2.51. The first-order valence-corrected chi connectivity index (χ1v) is 6.02. The van der Waals surface area contributed by atoms with Gasteiger partial charge in [0.05, 0.1) is 0 Å². The molecule has 1 N–H and O–H groups in total. The maximum atomic E-state index is 8.71. The molecule has 3 nitrogen and oxygen atoms in total. The fraction of sp³-hybridized carbons (Fsp3) is 0.600. The summed E-state index contributed by atoms with van der Waals surface area (Å²) < 4.78 is 0. The summed E-state index contributed by atoms with van der Waals surface area (Å²) in [6.45, 7) is 5.44. The Balaban J connectivity index is 1.92. The molecule has 1 fully saturated rings. The minimum absolute atomic E-state index is 0.306. The minimum Gasteiger partial charge on any atom is -0.361 e. The van der Waals surface area contributed by atoms with Gasteiger partial charge >= 0.3 is 0 Å². The zero-order chi connectivity index (χ0) is 11.1. The molecule has 1 heterocycles. The molecule has 0 amide bonds. The van der Waals surface area contributed by atoms with Crippen molar-refractivity contribution < 1.29 is 0 Å². The van der Waals surface area contributed by atoms with E-state index < -0.39 is 0 Å². The smallest absolute Gasteiger partial charge is 0.185 e. The van der Waals surface area contributed by atoms with Gasteiger partial charge in [0.25, 0.3) is 0 Å². The predicted octanol–water partition coefficient (Wildman–Crippen LogP) is 3.13. The number of halogens is 1. The van der Waals surface area contributed by atoms with Gasteiger partial charge in [-0.3, -0.25) is 0 Å². The maximum absolute atomic E-state index is 8.71. The fourth-order valence-corrected chi connectivity index (χ4v) is 2.54. The minimum atomic E-state index is 0.306. The molecule has 1 aromatic rings. The van der Waals surface area contributed by atoms with Crippen molar-refractivity contribution >= 4 is 28.1 Å². The van der Waals surface area contributed by atoms with Crippen molar-refractivity contribution in [3.8, 4) is 6.07 Å². The van der Waals surface area contributed by atoms with E-state index in [2.05, 4.69) is 24.1 Å². The van der Waals surface area contributed by atoms with Crippen LogP contribution in [0.3, 0.4) is 0 Å². The van der Waals surface area contributed by atoms with Gasteiger partial charge in [-0.05, 0) is 17.8 Å². The van der Waals surface area contributed by atoms with Crippen molar-refractivity contribution in [3.05, 3.63) is 10.0 Å². The molecular weight excluding hydrogens is 230 g/mol. The average molecular weight is 242 g/mol. The summed E-state index contributed by atoms with van der Waals surface area (Å²) in [5.74, 6) is 0.714. The lowest BCUT2D eigenvalue weighted by atomic mass is 10.1. The first kappa shape index (κ1) is 10.7. The Morgan fingerprint density at radius 1 is 1.73 bits per heavy atom. The molecule has 1 aromatic heterocycles. The van der Waals surface area contributed by atoms with Crippen LogP contribution in [0.2, 0.25) is 5.15 Å². The Labute approximate surface area is 98.1 Å². The first-order valence-electron chi connectivity index (χ1n) is 4.83. The van der Waals surface area contributed by atoms with Crippen molar-refractivity contribution in [3.63, 3.8) is 0 Å². The number of rotatable bonds is 3. The molecule has 5 heteroatoms. The summed E-state index contributed by atoms with van der Waals surface area (Å²) in [5.41, 5.74) is 0.464. The van der Waals surface area contributed by atoms with E-state index in [1.807, 2.05) is 6.07 Å². The van der Waals surface area contributed by atoms with E-state index in [1.165, 1.54) is 17.8 Å². The number of nitrogens with zero attached hydrogens (tertiary/aromatic N) is 2. The third-order valence-corrected chi connectivity index (χ3v) is 4.21. The molecule has 2 rings (SSSR count). The van der Waals surface area contributed by atoms with Gasteiger partial charge in [-0.2, -0.15) is 5.26 Å². The average Bonchev–Trinajstić information content (AvgIpc) is 2.62. The second-order valence-electron chi connectivity index (χ2n) is 4.52. The van der Waals surface area contributed by atoms with Crippen molar-refractivity contribution in [2.24, 2.45) is 11.3 Å². The number of aromatic nitrogens is 1. The van der Waals surface area contributed by atoms with E-state index >= 15 is 0 Å². The van der Waals surface area contributed by atoms with Gasteiger partial charge < -0.3 is 5.32 Å². The van der Waals surface area contributed by atoms with Crippen molar-refractivity contribution in [1.29, 1.82) is 5.26 Å².